The molecule has 1 saturated heterocycles. The van der Waals surface area contributed by atoms with Crippen LogP contribution in [0.25, 0.3) is 28.6 Å². The fourth-order valence-corrected chi connectivity index (χ4v) is 5.00. The summed E-state index contributed by atoms with van der Waals surface area (Å²) in [6.45, 7) is 10.4. The van der Waals surface area contributed by atoms with Crippen molar-refractivity contribution in [1.82, 2.24) is 29.9 Å². The predicted octanol–water partition coefficient (Wildman–Crippen LogP) is 3.59. The molecule has 42 heavy (non-hydrogen) atoms. The number of nitrogens with zero attached hydrogens (tertiary/aromatic N) is 6. The number of nitrogens with one attached hydrogen (secondary N) is 1. The largest absolute Gasteiger partial charge is 0.378 e. The molecule has 11 nitrogen and oxygen atoms in total. The van der Waals surface area contributed by atoms with Crippen molar-refractivity contribution in [2.45, 2.75) is 26.6 Å². The summed E-state index contributed by atoms with van der Waals surface area (Å²) in [5.74, 6) is 1.69. The third kappa shape index (κ3) is 6.49. The van der Waals surface area contributed by atoms with E-state index in [-0.39, 0.29) is 0 Å². The lowest BCUT2D eigenvalue weighted by Crippen LogP contribution is -2.37. The Bertz CT molecular complexity index is 1610. The fraction of sp³-hybridized carbons (Fsp3) is 0.290. The predicted molar refractivity (Wildman–Crippen MR) is 163 cm³/mol. The Hall–Kier alpha value is -4.58. The van der Waals surface area contributed by atoms with Crippen LogP contribution in [0.4, 0.5) is 5.82 Å². The monoisotopic (exact) mass is 568 g/mol. The molecule has 4 aromatic rings. The molecule has 2 aromatic carbocycles. The molecule has 11 heteroatoms. The van der Waals surface area contributed by atoms with Crippen molar-refractivity contribution in [2.24, 2.45) is 5.73 Å². The Morgan fingerprint density at radius 1 is 1.14 bits per heavy atom. The number of aromatic nitrogens is 4. The highest BCUT2D eigenvalue weighted by molar-refractivity contribution is 5.94. The van der Waals surface area contributed by atoms with Crippen molar-refractivity contribution in [1.29, 1.82) is 0 Å². The van der Waals surface area contributed by atoms with Gasteiger partial charge in [0.2, 0.25) is 5.91 Å². The average molecular weight is 569 g/mol. The zero-order valence-electron chi connectivity index (χ0n) is 24.0. The molecule has 2 aromatic heterocycles. The van der Waals surface area contributed by atoms with Crippen LogP contribution >= 0.6 is 0 Å². The number of hydroxylamine groups is 1. The van der Waals surface area contributed by atoms with Crippen LogP contribution in [0.1, 0.15) is 34.2 Å². The Labute approximate surface area is 244 Å². The van der Waals surface area contributed by atoms with Gasteiger partial charge in [0.15, 0.2) is 22.8 Å². The Morgan fingerprint density at radius 3 is 2.60 bits per heavy atom. The van der Waals surface area contributed by atoms with Crippen molar-refractivity contribution in [2.75, 3.05) is 38.3 Å². The summed E-state index contributed by atoms with van der Waals surface area (Å²) in [6, 6.07) is 15.3. The van der Waals surface area contributed by atoms with Crippen molar-refractivity contribution in [3.05, 3.63) is 89.4 Å². The highest BCUT2D eigenvalue weighted by Crippen LogP contribution is 2.29. The molecule has 3 heterocycles. The molecule has 5 rings (SSSR count). The Balaban J connectivity index is 1.46. The van der Waals surface area contributed by atoms with E-state index in [1.54, 1.807) is 24.3 Å². The highest BCUT2D eigenvalue weighted by atomic mass is 16.5. The normalized spacial score (nSPS) is 13.8. The number of carbonyl (C=O) groups is 1. The van der Waals surface area contributed by atoms with E-state index in [1.807, 2.05) is 29.8 Å². The van der Waals surface area contributed by atoms with Gasteiger partial charge in [-0.3, -0.25) is 20.4 Å². The summed E-state index contributed by atoms with van der Waals surface area (Å²) >= 11 is 0. The first-order chi connectivity index (χ1) is 20.4. The lowest BCUT2D eigenvalue weighted by molar-refractivity contribution is 0.1000. The maximum Gasteiger partial charge on any atom is 0.248 e. The smallest absolute Gasteiger partial charge is 0.248 e. The van der Waals surface area contributed by atoms with Gasteiger partial charge in [-0.05, 0) is 43.3 Å². The van der Waals surface area contributed by atoms with E-state index in [4.69, 9.17) is 30.6 Å². The van der Waals surface area contributed by atoms with Crippen molar-refractivity contribution in [3.63, 3.8) is 0 Å². The van der Waals surface area contributed by atoms with E-state index >= 15 is 0 Å². The summed E-state index contributed by atoms with van der Waals surface area (Å²) in [4.78, 5) is 31.3. The van der Waals surface area contributed by atoms with Gasteiger partial charge in [0.05, 0.1) is 25.5 Å². The van der Waals surface area contributed by atoms with Gasteiger partial charge in [0.1, 0.15) is 5.82 Å². The van der Waals surface area contributed by atoms with Gasteiger partial charge in [-0.2, -0.15) is 0 Å². The van der Waals surface area contributed by atoms with Gasteiger partial charge in [0.25, 0.3) is 0 Å². The minimum atomic E-state index is -0.494. The first kappa shape index (κ1) is 28.9. The first-order valence-electron chi connectivity index (χ1n) is 13.9. The Kier molecular flexibility index (Phi) is 8.91. The lowest BCUT2D eigenvalue weighted by atomic mass is 10.1. The second kappa shape index (κ2) is 12.9. The van der Waals surface area contributed by atoms with Crippen LogP contribution in [0.2, 0.25) is 0 Å². The second-order valence-corrected chi connectivity index (χ2v) is 10.2. The number of imidazole rings is 1. The molecule has 1 amide bonds. The minimum absolute atomic E-state index is 0.409. The molecule has 0 spiro atoms. The zero-order chi connectivity index (χ0) is 29.6. The molecule has 0 atom stereocenters. The number of carbonyl (C=O) groups excluding carboxylic acids is 1. The standard InChI is InChI=1S/C31H36N8O3/c1-4-39-26(20-37(3)19-23-12-10-22(11-13-23)9-8-21(2)36-41)33-27-30(38-14-16-42-17-15-38)34-29(35-31(27)39)25-7-5-6-24(18-25)28(32)40/h5-13,18,36,41H,2,4,14-17,19-20H2,1,3H3,(H2,32,40)/b9-8+. The number of hydrogen-bond donors (Lipinski definition) is 3. The van der Waals surface area contributed by atoms with Crippen LogP contribution < -0.4 is 16.1 Å². The number of ether oxygens (including phenoxy) is 1. The highest BCUT2D eigenvalue weighted by Gasteiger charge is 2.24. The number of morpholine rings is 1. The Morgan fingerprint density at radius 2 is 1.90 bits per heavy atom. The summed E-state index contributed by atoms with van der Waals surface area (Å²) in [7, 11) is 2.07. The summed E-state index contributed by atoms with van der Waals surface area (Å²) in [5.41, 5.74) is 12.8. The van der Waals surface area contributed by atoms with E-state index in [0.717, 1.165) is 40.5 Å². The zero-order valence-corrected chi connectivity index (χ0v) is 24.0. The third-order valence-electron chi connectivity index (χ3n) is 7.15. The number of hydrogen-bond acceptors (Lipinski definition) is 9. The number of benzene rings is 2. The van der Waals surface area contributed by atoms with E-state index < -0.39 is 5.91 Å². The van der Waals surface area contributed by atoms with E-state index in [0.29, 0.717) is 56.5 Å². The van der Waals surface area contributed by atoms with E-state index in [1.165, 1.54) is 5.56 Å². The molecule has 0 bridgehead atoms. The number of anilines is 1. The average Bonchev–Trinajstić information content (AvgIpc) is 3.37. The summed E-state index contributed by atoms with van der Waals surface area (Å²) < 4.78 is 7.73. The van der Waals surface area contributed by atoms with Gasteiger partial charge in [0, 0.05) is 37.3 Å². The quantitative estimate of drug-likeness (QED) is 0.183. The van der Waals surface area contributed by atoms with E-state index in [2.05, 4.69) is 47.0 Å². The topological polar surface area (TPSA) is 135 Å². The number of allylic oxidation sites excluding steroid dienone is 1. The SMILES string of the molecule is C=C(/C=C/c1ccc(CN(C)Cc2nc3c(N4CCOCC4)nc(-c4cccc(C(N)=O)c4)nc3n2CC)cc1)NO. The molecule has 0 saturated carbocycles. The number of fused-ring (bicyclic) bond motifs is 1. The molecule has 1 aliphatic rings. The van der Waals surface area contributed by atoms with Crippen LogP contribution in [0, 0.1) is 0 Å². The van der Waals surface area contributed by atoms with Gasteiger partial charge in [-0.15, -0.1) is 0 Å². The second-order valence-electron chi connectivity index (χ2n) is 10.2. The molecule has 1 fully saturated rings. The van der Waals surface area contributed by atoms with Crippen LogP contribution in [0.15, 0.2) is 66.9 Å². The van der Waals surface area contributed by atoms with Gasteiger partial charge in [-0.25, -0.2) is 15.0 Å². The molecule has 218 valence electrons. The number of amides is 1. The van der Waals surface area contributed by atoms with Gasteiger partial charge >= 0.3 is 0 Å². The molecule has 0 aliphatic carbocycles. The molecular weight excluding hydrogens is 532 g/mol. The summed E-state index contributed by atoms with van der Waals surface area (Å²) in [6.07, 6.45) is 3.60. The number of primary amides is 1. The molecule has 1 aliphatic heterocycles. The van der Waals surface area contributed by atoms with Crippen LogP contribution in [0.5, 0.6) is 0 Å². The number of nitrogens with two attached hydrogens (primary N) is 1. The first-order valence-corrected chi connectivity index (χ1v) is 13.9. The number of aryl methyl sites for hydroxylation is 1. The number of rotatable bonds is 11. The van der Waals surface area contributed by atoms with Crippen molar-refractivity contribution < 1.29 is 14.7 Å². The maximum absolute atomic E-state index is 11.9. The van der Waals surface area contributed by atoms with Gasteiger partial charge in [-0.1, -0.05) is 49.1 Å². The van der Waals surface area contributed by atoms with E-state index in [9.17, 15) is 4.79 Å². The molecular formula is C31H36N8O3. The fourth-order valence-electron chi connectivity index (χ4n) is 5.00. The molecule has 0 unspecified atom stereocenters. The minimum Gasteiger partial charge on any atom is -0.378 e. The lowest BCUT2D eigenvalue weighted by Gasteiger charge is -2.28. The maximum atomic E-state index is 11.9. The summed E-state index contributed by atoms with van der Waals surface area (Å²) in [5, 5.41) is 8.89. The molecule has 4 N–H and O–H groups in total. The third-order valence-corrected chi connectivity index (χ3v) is 7.15. The van der Waals surface area contributed by atoms with Crippen molar-refractivity contribution >= 4 is 29.0 Å². The van der Waals surface area contributed by atoms with Gasteiger partial charge < -0.3 is 19.9 Å². The van der Waals surface area contributed by atoms with Crippen LogP contribution in [-0.2, 0) is 24.4 Å². The van der Waals surface area contributed by atoms with Crippen LogP contribution in [0.3, 0.4) is 0 Å². The molecule has 0 radical (unpaired) electrons. The van der Waals surface area contributed by atoms with Crippen LogP contribution in [-0.4, -0.2) is 68.9 Å². The van der Waals surface area contributed by atoms with Crippen molar-refractivity contribution in [3.8, 4) is 11.4 Å².